The first-order valence-electron chi connectivity index (χ1n) is 6.24. The van der Waals surface area contributed by atoms with E-state index in [1.807, 2.05) is 11.8 Å². The largest absolute Gasteiger partial charge is 0.359 e. The summed E-state index contributed by atoms with van der Waals surface area (Å²) in [4.78, 5) is 11.0. The molecule has 16 heavy (non-hydrogen) atoms. The second-order valence-electron chi connectivity index (χ2n) is 4.40. The van der Waals surface area contributed by atoms with Crippen LogP contribution in [0.25, 0.3) is 0 Å². The zero-order chi connectivity index (χ0) is 11.8. The third-order valence-electron chi connectivity index (χ3n) is 3.27. The van der Waals surface area contributed by atoms with Crippen LogP contribution in [0.1, 0.15) is 38.5 Å². The summed E-state index contributed by atoms with van der Waals surface area (Å²) in [6.45, 7) is 0.967. The zero-order valence-corrected chi connectivity index (χ0v) is 11.2. The van der Waals surface area contributed by atoms with Gasteiger partial charge >= 0.3 is 0 Å². The Labute approximate surface area is 103 Å². The van der Waals surface area contributed by atoms with Crippen molar-refractivity contribution in [3.63, 3.8) is 0 Å². The summed E-state index contributed by atoms with van der Waals surface area (Å²) < 4.78 is 0. The van der Waals surface area contributed by atoms with E-state index in [9.17, 15) is 4.79 Å². The summed E-state index contributed by atoms with van der Waals surface area (Å²) in [7, 11) is 1.70. The summed E-state index contributed by atoms with van der Waals surface area (Å²) >= 11 is 1.98. The maximum Gasteiger partial charge on any atom is 0.219 e. The normalized spacial score (nSPS) is 25.4. The van der Waals surface area contributed by atoms with Crippen LogP contribution in [0, 0.1) is 0 Å². The number of carbonyl (C=O) groups excluding carboxylic acids is 1. The maximum absolute atomic E-state index is 11.0. The van der Waals surface area contributed by atoms with Gasteiger partial charge in [0, 0.05) is 24.8 Å². The second-order valence-corrected chi connectivity index (χ2v) is 5.47. The monoisotopic (exact) mass is 244 g/mol. The number of thioether (sulfide) groups is 1. The fourth-order valence-corrected chi connectivity index (χ4v) is 3.24. The number of rotatable bonds is 6. The van der Waals surface area contributed by atoms with Crippen molar-refractivity contribution >= 4 is 17.7 Å². The van der Waals surface area contributed by atoms with Crippen LogP contribution in [0.3, 0.4) is 0 Å². The lowest BCUT2D eigenvalue weighted by Gasteiger charge is -2.31. The van der Waals surface area contributed by atoms with Crippen molar-refractivity contribution in [1.29, 1.82) is 0 Å². The number of carbonyl (C=O) groups is 1. The Morgan fingerprint density at radius 3 is 2.81 bits per heavy atom. The molecule has 0 aromatic carbocycles. The molecule has 4 heteroatoms. The van der Waals surface area contributed by atoms with Gasteiger partial charge in [0.15, 0.2) is 0 Å². The minimum Gasteiger partial charge on any atom is -0.359 e. The van der Waals surface area contributed by atoms with Gasteiger partial charge in [0.1, 0.15) is 0 Å². The van der Waals surface area contributed by atoms with Crippen LogP contribution in [0.4, 0.5) is 0 Å². The van der Waals surface area contributed by atoms with E-state index in [1.54, 1.807) is 7.05 Å². The van der Waals surface area contributed by atoms with Crippen molar-refractivity contribution in [3.8, 4) is 0 Å². The predicted octanol–water partition coefficient (Wildman–Crippen LogP) is 1.78. The van der Waals surface area contributed by atoms with Gasteiger partial charge in [-0.1, -0.05) is 12.8 Å². The highest BCUT2D eigenvalue weighted by Gasteiger charge is 2.23. The highest BCUT2D eigenvalue weighted by atomic mass is 32.2. The molecule has 2 N–H and O–H groups in total. The molecule has 0 saturated heterocycles. The Bertz CT molecular complexity index is 211. The summed E-state index contributed by atoms with van der Waals surface area (Å²) in [5.41, 5.74) is 0. The fraction of sp³-hybridized carbons (Fsp3) is 0.917. The second kappa shape index (κ2) is 7.96. The zero-order valence-electron chi connectivity index (χ0n) is 10.4. The van der Waals surface area contributed by atoms with Crippen molar-refractivity contribution in [2.75, 3.05) is 19.8 Å². The minimum absolute atomic E-state index is 0.145. The van der Waals surface area contributed by atoms with E-state index in [1.165, 1.54) is 25.7 Å². The number of hydrogen-bond donors (Lipinski definition) is 2. The van der Waals surface area contributed by atoms with Crippen LogP contribution in [0.15, 0.2) is 0 Å². The average Bonchev–Trinajstić information content (AvgIpc) is 2.34. The molecule has 1 saturated carbocycles. The molecule has 1 aliphatic carbocycles. The average molecular weight is 244 g/mol. The Kier molecular flexibility index (Phi) is 6.88. The van der Waals surface area contributed by atoms with Crippen molar-refractivity contribution < 1.29 is 4.79 Å². The van der Waals surface area contributed by atoms with Gasteiger partial charge in [-0.3, -0.25) is 4.79 Å². The number of hydrogen-bond acceptors (Lipinski definition) is 3. The summed E-state index contributed by atoms with van der Waals surface area (Å²) in [6.07, 6.45) is 9.15. The first-order valence-corrected chi connectivity index (χ1v) is 7.53. The van der Waals surface area contributed by atoms with E-state index in [-0.39, 0.29) is 5.91 Å². The molecule has 2 unspecified atom stereocenters. The van der Waals surface area contributed by atoms with Gasteiger partial charge in [0.2, 0.25) is 5.91 Å². The molecule has 0 spiro atoms. The number of nitrogens with one attached hydrogen (secondary N) is 2. The smallest absolute Gasteiger partial charge is 0.219 e. The standard InChI is InChI=1S/C12H24N2OS/c1-13-12(15)8-5-9-14-10-6-3-4-7-11(10)16-2/h10-11,14H,3-9H2,1-2H3,(H,13,15). The Balaban J connectivity index is 2.13. The molecular weight excluding hydrogens is 220 g/mol. The molecule has 1 fully saturated rings. The number of amides is 1. The van der Waals surface area contributed by atoms with E-state index >= 15 is 0 Å². The van der Waals surface area contributed by atoms with Crippen LogP contribution in [0.2, 0.25) is 0 Å². The maximum atomic E-state index is 11.0. The Hall–Kier alpha value is -0.220. The van der Waals surface area contributed by atoms with Gasteiger partial charge in [-0.2, -0.15) is 11.8 Å². The highest BCUT2D eigenvalue weighted by molar-refractivity contribution is 7.99. The molecule has 0 bridgehead atoms. The van der Waals surface area contributed by atoms with E-state index in [0.717, 1.165) is 18.2 Å². The SMILES string of the molecule is CNC(=O)CCCNC1CCCCC1SC. The van der Waals surface area contributed by atoms with Gasteiger partial charge in [-0.25, -0.2) is 0 Å². The van der Waals surface area contributed by atoms with E-state index < -0.39 is 0 Å². The molecule has 0 heterocycles. The molecule has 94 valence electrons. The van der Waals surface area contributed by atoms with Crippen LogP contribution >= 0.6 is 11.8 Å². The molecule has 0 radical (unpaired) electrons. The highest BCUT2D eigenvalue weighted by Crippen LogP contribution is 2.26. The quantitative estimate of drug-likeness (QED) is 0.700. The molecule has 0 aromatic rings. The third kappa shape index (κ3) is 4.74. The molecular formula is C12H24N2OS. The fourth-order valence-electron chi connectivity index (χ4n) is 2.27. The lowest BCUT2D eigenvalue weighted by molar-refractivity contribution is -0.120. The summed E-state index contributed by atoms with van der Waals surface area (Å²) in [5.74, 6) is 0.145. The van der Waals surface area contributed by atoms with Crippen LogP contribution in [-0.4, -0.2) is 37.0 Å². The van der Waals surface area contributed by atoms with E-state index in [0.29, 0.717) is 12.5 Å². The lowest BCUT2D eigenvalue weighted by Crippen LogP contribution is -2.41. The molecule has 0 aliphatic heterocycles. The van der Waals surface area contributed by atoms with Gasteiger partial charge < -0.3 is 10.6 Å². The van der Waals surface area contributed by atoms with Crippen molar-refractivity contribution in [2.24, 2.45) is 0 Å². The topological polar surface area (TPSA) is 41.1 Å². The van der Waals surface area contributed by atoms with E-state index in [2.05, 4.69) is 16.9 Å². The molecule has 3 nitrogen and oxygen atoms in total. The third-order valence-corrected chi connectivity index (χ3v) is 4.44. The minimum atomic E-state index is 0.145. The molecule has 0 aromatic heterocycles. The predicted molar refractivity (Wildman–Crippen MR) is 70.9 cm³/mol. The Morgan fingerprint density at radius 2 is 2.12 bits per heavy atom. The molecule has 2 atom stereocenters. The van der Waals surface area contributed by atoms with Crippen molar-refractivity contribution in [1.82, 2.24) is 10.6 Å². The van der Waals surface area contributed by atoms with Gasteiger partial charge in [0.25, 0.3) is 0 Å². The first kappa shape index (κ1) is 13.8. The molecule has 1 aliphatic rings. The van der Waals surface area contributed by atoms with Gasteiger partial charge in [-0.15, -0.1) is 0 Å². The van der Waals surface area contributed by atoms with Crippen LogP contribution in [0.5, 0.6) is 0 Å². The van der Waals surface area contributed by atoms with E-state index in [4.69, 9.17) is 0 Å². The molecule has 1 rings (SSSR count). The van der Waals surface area contributed by atoms with Crippen LogP contribution in [-0.2, 0) is 4.79 Å². The van der Waals surface area contributed by atoms with Crippen LogP contribution < -0.4 is 10.6 Å². The van der Waals surface area contributed by atoms with Crippen molar-refractivity contribution in [3.05, 3.63) is 0 Å². The molecule has 1 amide bonds. The van der Waals surface area contributed by atoms with Gasteiger partial charge in [0.05, 0.1) is 0 Å². The van der Waals surface area contributed by atoms with Crippen molar-refractivity contribution in [2.45, 2.75) is 49.8 Å². The van der Waals surface area contributed by atoms with Gasteiger partial charge in [-0.05, 0) is 32.1 Å². The Morgan fingerprint density at radius 1 is 1.38 bits per heavy atom. The summed E-state index contributed by atoms with van der Waals surface area (Å²) in [6, 6.07) is 0.661. The lowest BCUT2D eigenvalue weighted by atomic mass is 9.95. The first-order chi connectivity index (χ1) is 7.77. The summed E-state index contributed by atoms with van der Waals surface area (Å²) in [5, 5.41) is 7.03.